The zero-order valence-electron chi connectivity index (χ0n) is 13.4. The van der Waals surface area contributed by atoms with Gasteiger partial charge in [-0.3, -0.25) is 0 Å². The number of hydrogen-bond donors (Lipinski definition) is 2. The molecule has 0 atom stereocenters. The highest BCUT2D eigenvalue weighted by Gasteiger charge is 2.14. The fourth-order valence-electron chi connectivity index (χ4n) is 2.15. The van der Waals surface area contributed by atoms with E-state index >= 15 is 0 Å². The maximum Gasteiger partial charge on any atom is 0.161 e. The fourth-order valence-corrected chi connectivity index (χ4v) is 2.15. The van der Waals surface area contributed by atoms with Crippen LogP contribution in [-0.4, -0.2) is 17.3 Å². The molecule has 0 amide bonds. The van der Waals surface area contributed by atoms with E-state index in [4.69, 9.17) is 4.74 Å². The first-order valence-electron chi connectivity index (χ1n) is 7.19. The van der Waals surface area contributed by atoms with Gasteiger partial charge in [0.25, 0.3) is 0 Å². The second-order valence-electron chi connectivity index (χ2n) is 6.33. The number of methoxy groups -OCH3 is 1. The average molecular weight is 298 g/mol. The van der Waals surface area contributed by atoms with Crippen molar-refractivity contribution in [1.29, 1.82) is 0 Å². The molecule has 0 radical (unpaired) electrons. The quantitative estimate of drug-likeness (QED) is 0.816. The van der Waals surface area contributed by atoms with Crippen LogP contribution in [0.15, 0.2) is 36.4 Å². The van der Waals surface area contributed by atoms with Crippen LogP contribution in [-0.2, 0) is 5.41 Å². The molecule has 0 aliphatic heterocycles. The van der Waals surface area contributed by atoms with Crippen LogP contribution >= 0.6 is 0 Å². The van der Waals surface area contributed by atoms with Gasteiger partial charge in [-0.1, -0.05) is 45.1 Å². The van der Waals surface area contributed by atoms with E-state index in [1.807, 2.05) is 18.2 Å². The van der Waals surface area contributed by atoms with Crippen molar-refractivity contribution < 1.29 is 14.9 Å². The van der Waals surface area contributed by atoms with Crippen molar-refractivity contribution >= 4 is 12.2 Å². The van der Waals surface area contributed by atoms with E-state index in [9.17, 15) is 10.2 Å². The lowest BCUT2D eigenvalue weighted by Gasteiger charge is -2.19. The van der Waals surface area contributed by atoms with Crippen molar-refractivity contribution in [2.75, 3.05) is 7.11 Å². The largest absolute Gasteiger partial charge is 0.508 e. The highest BCUT2D eigenvalue weighted by Crippen LogP contribution is 2.29. The van der Waals surface area contributed by atoms with Crippen LogP contribution in [0.1, 0.15) is 37.5 Å². The van der Waals surface area contributed by atoms with E-state index in [1.165, 1.54) is 7.11 Å². The molecule has 0 fully saturated rings. The van der Waals surface area contributed by atoms with Gasteiger partial charge in [0, 0.05) is 0 Å². The third kappa shape index (κ3) is 3.82. The Balaban J connectivity index is 2.32. The van der Waals surface area contributed by atoms with Gasteiger partial charge in [0.15, 0.2) is 11.5 Å². The molecule has 0 heterocycles. The van der Waals surface area contributed by atoms with Crippen LogP contribution < -0.4 is 4.74 Å². The summed E-state index contributed by atoms with van der Waals surface area (Å²) < 4.78 is 5.10. The number of phenols is 2. The Morgan fingerprint density at radius 2 is 1.59 bits per heavy atom. The predicted octanol–water partition coefficient (Wildman–Crippen LogP) is 4.57. The molecule has 0 aliphatic rings. The molecule has 0 aromatic heterocycles. The maximum absolute atomic E-state index is 9.89. The van der Waals surface area contributed by atoms with Gasteiger partial charge in [0.2, 0.25) is 0 Å². The van der Waals surface area contributed by atoms with Gasteiger partial charge in [-0.2, -0.15) is 0 Å². The summed E-state index contributed by atoms with van der Waals surface area (Å²) in [5.41, 5.74) is 2.89. The van der Waals surface area contributed by atoms with Crippen LogP contribution in [0.3, 0.4) is 0 Å². The lowest BCUT2D eigenvalue weighted by Crippen LogP contribution is -2.10. The van der Waals surface area contributed by atoms with Gasteiger partial charge in [-0.15, -0.1) is 0 Å². The molecule has 0 saturated carbocycles. The number of phenolic OH excluding ortho intramolecular Hbond substituents is 2. The number of aromatic hydroxyl groups is 2. The first-order valence-corrected chi connectivity index (χ1v) is 7.19. The summed E-state index contributed by atoms with van der Waals surface area (Å²) in [5.74, 6) is 0.816. The van der Waals surface area contributed by atoms with Crippen LogP contribution in [0.2, 0.25) is 0 Å². The SMILES string of the molecule is COc1cc(/C=C/c2cc(O)cc(C(C)(C)C)c2)ccc1O. The Morgan fingerprint density at radius 1 is 0.909 bits per heavy atom. The summed E-state index contributed by atoms with van der Waals surface area (Å²) in [6.07, 6.45) is 3.85. The Kier molecular flexibility index (Phi) is 4.45. The Morgan fingerprint density at radius 3 is 2.23 bits per heavy atom. The molecule has 0 saturated heterocycles. The standard InChI is InChI=1S/C19H22O3/c1-19(2,3)15-9-14(10-16(20)12-15)6-5-13-7-8-17(21)18(11-13)22-4/h5-12,20-21H,1-4H3/b6-5+. The van der Waals surface area contributed by atoms with E-state index in [0.717, 1.165) is 16.7 Å². The first-order chi connectivity index (χ1) is 10.3. The highest BCUT2D eigenvalue weighted by molar-refractivity contribution is 5.72. The second kappa shape index (κ2) is 6.14. The number of rotatable bonds is 3. The normalized spacial score (nSPS) is 11.8. The summed E-state index contributed by atoms with van der Waals surface area (Å²) in [6, 6.07) is 10.8. The van der Waals surface area contributed by atoms with E-state index in [-0.39, 0.29) is 16.9 Å². The molecule has 2 aromatic carbocycles. The summed E-state index contributed by atoms with van der Waals surface area (Å²) in [4.78, 5) is 0. The third-order valence-electron chi connectivity index (χ3n) is 3.48. The lowest BCUT2D eigenvalue weighted by atomic mass is 9.86. The van der Waals surface area contributed by atoms with Crippen LogP contribution in [0, 0.1) is 0 Å². The Bertz CT molecular complexity index is 694. The molecule has 0 spiro atoms. The number of hydrogen-bond acceptors (Lipinski definition) is 3. The average Bonchev–Trinajstić information content (AvgIpc) is 2.45. The molecule has 2 aromatic rings. The molecule has 2 N–H and O–H groups in total. The monoisotopic (exact) mass is 298 g/mol. The molecule has 3 heteroatoms. The summed E-state index contributed by atoms with van der Waals surface area (Å²) in [5, 5.41) is 19.5. The number of ether oxygens (including phenoxy) is 1. The molecule has 0 bridgehead atoms. The van der Waals surface area contributed by atoms with Gasteiger partial charge in [0.05, 0.1) is 7.11 Å². The zero-order chi connectivity index (χ0) is 16.3. The first kappa shape index (κ1) is 16.0. The molecule has 22 heavy (non-hydrogen) atoms. The molecule has 116 valence electrons. The van der Waals surface area contributed by atoms with Crippen LogP contribution in [0.4, 0.5) is 0 Å². The molecular formula is C19H22O3. The second-order valence-corrected chi connectivity index (χ2v) is 6.33. The van der Waals surface area contributed by atoms with Crippen molar-refractivity contribution in [2.45, 2.75) is 26.2 Å². The van der Waals surface area contributed by atoms with Crippen molar-refractivity contribution in [3.8, 4) is 17.2 Å². The van der Waals surface area contributed by atoms with Gasteiger partial charge >= 0.3 is 0 Å². The molecule has 0 unspecified atom stereocenters. The molecular weight excluding hydrogens is 276 g/mol. The predicted molar refractivity (Wildman–Crippen MR) is 90.4 cm³/mol. The van der Waals surface area contributed by atoms with Gasteiger partial charge in [-0.05, 0) is 46.4 Å². The molecule has 2 rings (SSSR count). The number of benzene rings is 2. The summed E-state index contributed by atoms with van der Waals surface area (Å²) >= 11 is 0. The molecule has 3 nitrogen and oxygen atoms in total. The van der Waals surface area contributed by atoms with E-state index < -0.39 is 0 Å². The summed E-state index contributed by atoms with van der Waals surface area (Å²) in [7, 11) is 1.52. The molecule has 0 aliphatic carbocycles. The van der Waals surface area contributed by atoms with E-state index in [1.54, 1.807) is 24.3 Å². The van der Waals surface area contributed by atoms with Crippen LogP contribution in [0.5, 0.6) is 17.2 Å². The van der Waals surface area contributed by atoms with Crippen molar-refractivity contribution in [3.05, 3.63) is 53.1 Å². The Labute approximate surface area is 131 Å². The van der Waals surface area contributed by atoms with Gasteiger partial charge in [-0.25, -0.2) is 0 Å². The van der Waals surface area contributed by atoms with E-state index in [2.05, 4.69) is 26.8 Å². The lowest BCUT2D eigenvalue weighted by molar-refractivity contribution is 0.373. The van der Waals surface area contributed by atoms with E-state index in [0.29, 0.717) is 5.75 Å². The van der Waals surface area contributed by atoms with Crippen LogP contribution in [0.25, 0.3) is 12.2 Å². The van der Waals surface area contributed by atoms with Crippen molar-refractivity contribution in [1.82, 2.24) is 0 Å². The summed E-state index contributed by atoms with van der Waals surface area (Å²) in [6.45, 7) is 6.33. The smallest absolute Gasteiger partial charge is 0.161 e. The van der Waals surface area contributed by atoms with Crippen molar-refractivity contribution in [2.24, 2.45) is 0 Å². The van der Waals surface area contributed by atoms with Gasteiger partial charge < -0.3 is 14.9 Å². The van der Waals surface area contributed by atoms with Crippen molar-refractivity contribution in [3.63, 3.8) is 0 Å². The van der Waals surface area contributed by atoms with Gasteiger partial charge in [0.1, 0.15) is 5.75 Å². The zero-order valence-corrected chi connectivity index (χ0v) is 13.4. The Hall–Kier alpha value is -2.42. The third-order valence-corrected chi connectivity index (χ3v) is 3.48. The fraction of sp³-hybridized carbons (Fsp3) is 0.263. The minimum Gasteiger partial charge on any atom is -0.508 e. The minimum atomic E-state index is -0.0247. The topological polar surface area (TPSA) is 49.7 Å². The maximum atomic E-state index is 9.89. The highest BCUT2D eigenvalue weighted by atomic mass is 16.5. The minimum absolute atomic E-state index is 0.0247.